The Morgan fingerprint density at radius 3 is 2.44 bits per heavy atom. The molecule has 4 rings (SSSR count). The second kappa shape index (κ2) is 10.6. The van der Waals surface area contributed by atoms with Gasteiger partial charge in [-0.1, -0.05) is 49.2 Å². The minimum Gasteiger partial charge on any atom is -0.481 e. The summed E-state index contributed by atoms with van der Waals surface area (Å²) in [5, 5.41) is 12.2. The van der Waals surface area contributed by atoms with Gasteiger partial charge in [0.25, 0.3) is 0 Å². The van der Waals surface area contributed by atoms with Crippen LogP contribution in [0.25, 0.3) is 11.1 Å². The molecule has 176 valence electrons. The highest BCUT2D eigenvalue weighted by Gasteiger charge is 2.32. The third kappa shape index (κ3) is 5.53. The maximum Gasteiger partial charge on any atom is 0.303 e. The van der Waals surface area contributed by atoms with E-state index in [1.807, 2.05) is 44.4 Å². The van der Waals surface area contributed by atoms with Crippen LogP contribution in [0.15, 0.2) is 60.9 Å². The largest absolute Gasteiger partial charge is 0.481 e. The van der Waals surface area contributed by atoms with Gasteiger partial charge >= 0.3 is 5.97 Å². The Hall–Kier alpha value is -3.47. The number of carbonyl (C=O) groups is 2. The van der Waals surface area contributed by atoms with Crippen molar-refractivity contribution in [1.29, 1.82) is 0 Å². The van der Waals surface area contributed by atoms with E-state index in [0.29, 0.717) is 12.3 Å². The molecule has 1 unspecified atom stereocenters. The summed E-state index contributed by atoms with van der Waals surface area (Å²) in [5.41, 5.74) is 6.96. The van der Waals surface area contributed by atoms with Crippen molar-refractivity contribution < 1.29 is 14.7 Å². The Labute approximate surface area is 201 Å². The number of carboxylic acids is 1. The molecule has 1 atom stereocenters. The van der Waals surface area contributed by atoms with Gasteiger partial charge in [-0.15, -0.1) is 0 Å². The molecule has 1 aromatic heterocycles. The van der Waals surface area contributed by atoms with Crippen molar-refractivity contribution in [3.05, 3.63) is 83.2 Å². The lowest BCUT2D eigenvalue weighted by Crippen LogP contribution is -2.27. The molecule has 0 saturated heterocycles. The first-order valence-corrected chi connectivity index (χ1v) is 12.1. The number of nitrogens with one attached hydrogen (secondary N) is 1. The van der Waals surface area contributed by atoms with E-state index in [9.17, 15) is 9.59 Å². The normalized spacial score (nSPS) is 14.6. The Bertz CT molecular complexity index is 1160. The zero-order chi connectivity index (χ0) is 24.1. The Morgan fingerprint density at radius 2 is 1.76 bits per heavy atom. The van der Waals surface area contributed by atoms with E-state index in [0.717, 1.165) is 64.8 Å². The number of benzene rings is 2. The molecule has 1 amide bonds. The van der Waals surface area contributed by atoms with Crippen molar-refractivity contribution in [2.45, 2.75) is 58.3 Å². The number of anilines is 1. The molecule has 5 nitrogen and oxygen atoms in total. The fourth-order valence-electron chi connectivity index (χ4n) is 5.07. The van der Waals surface area contributed by atoms with Crippen LogP contribution in [0.4, 0.5) is 5.69 Å². The molecule has 0 radical (unpaired) electrons. The molecule has 34 heavy (non-hydrogen) atoms. The quantitative estimate of drug-likeness (QED) is 0.417. The van der Waals surface area contributed by atoms with Crippen LogP contribution in [0.5, 0.6) is 0 Å². The summed E-state index contributed by atoms with van der Waals surface area (Å²) in [7, 11) is 0. The fourth-order valence-corrected chi connectivity index (χ4v) is 5.07. The van der Waals surface area contributed by atoms with Gasteiger partial charge in [-0.05, 0) is 79.0 Å². The van der Waals surface area contributed by atoms with E-state index in [-0.39, 0.29) is 18.2 Å². The summed E-state index contributed by atoms with van der Waals surface area (Å²) in [6.45, 7) is 3.98. The molecule has 2 aromatic carbocycles. The number of hydrogen-bond donors (Lipinski definition) is 2. The van der Waals surface area contributed by atoms with Crippen LogP contribution in [-0.4, -0.2) is 22.0 Å². The third-order valence-corrected chi connectivity index (χ3v) is 6.94. The zero-order valence-corrected chi connectivity index (χ0v) is 19.9. The van der Waals surface area contributed by atoms with Crippen molar-refractivity contribution in [3.8, 4) is 11.1 Å². The molecular weight excluding hydrogens is 424 g/mol. The van der Waals surface area contributed by atoms with Crippen LogP contribution < -0.4 is 5.32 Å². The third-order valence-electron chi connectivity index (χ3n) is 6.94. The molecule has 1 aliphatic carbocycles. The highest BCUT2D eigenvalue weighted by Crippen LogP contribution is 2.39. The molecule has 2 N–H and O–H groups in total. The number of carboxylic acid groups (broad SMARTS) is 1. The number of rotatable bonds is 8. The summed E-state index contributed by atoms with van der Waals surface area (Å²) < 4.78 is 0. The lowest BCUT2D eigenvalue weighted by Gasteiger charge is -2.24. The molecule has 0 aliphatic heterocycles. The molecule has 1 heterocycles. The highest BCUT2D eigenvalue weighted by atomic mass is 16.4. The number of pyridine rings is 1. The van der Waals surface area contributed by atoms with Crippen LogP contribution in [0.2, 0.25) is 0 Å². The average molecular weight is 457 g/mol. The van der Waals surface area contributed by atoms with Crippen molar-refractivity contribution >= 4 is 17.6 Å². The van der Waals surface area contributed by atoms with Crippen molar-refractivity contribution in [2.24, 2.45) is 5.92 Å². The van der Waals surface area contributed by atoms with Crippen LogP contribution in [0.1, 0.15) is 60.3 Å². The number of hydrogen-bond acceptors (Lipinski definition) is 3. The maximum atomic E-state index is 13.6. The molecule has 3 aromatic rings. The fraction of sp³-hybridized carbons (Fsp3) is 0.345. The smallest absolute Gasteiger partial charge is 0.303 e. The monoisotopic (exact) mass is 456 g/mol. The first kappa shape index (κ1) is 23.7. The van der Waals surface area contributed by atoms with Crippen LogP contribution in [-0.2, 0) is 16.0 Å². The van der Waals surface area contributed by atoms with E-state index < -0.39 is 5.97 Å². The van der Waals surface area contributed by atoms with Gasteiger partial charge in [0.05, 0.1) is 5.92 Å². The van der Waals surface area contributed by atoms with Gasteiger partial charge in [-0.25, -0.2) is 0 Å². The van der Waals surface area contributed by atoms with E-state index in [1.54, 1.807) is 0 Å². The van der Waals surface area contributed by atoms with Crippen LogP contribution in [0.3, 0.4) is 0 Å². The van der Waals surface area contributed by atoms with Gasteiger partial charge in [0.2, 0.25) is 5.91 Å². The maximum absolute atomic E-state index is 13.6. The van der Waals surface area contributed by atoms with E-state index in [1.165, 1.54) is 0 Å². The van der Waals surface area contributed by atoms with Crippen LogP contribution >= 0.6 is 0 Å². The van der Waals surface area contributed by atoms with E-state index >= 15 is 0 Å². The molecule has 1 aliphatic rings. The lowest BCUT2D eigenvalue weighted by atomic mass is 9.83. The number of carbonyl (C=O) groups excluding carboxylic acids is 1. The predicted octanol–water partition coefficient (Wildman–Crippen LogP) is 6.30. The average Bonchev–Trinajstić information content (AvgIpc) is 3.34. The topological polar surface area (TPSA) is 79.3 Å². The summed E-state index contributed by atoms with van der Waals surface area (Å²) in [4.78, 5) is 28.9. The standard InChI is InChI=1S/C29H32N2O3/c1-19-16-25(18-30-17-19)22-10-12-24(13-11-22)28(23-6-3-4-7-23)29(34)31-26-9-5-8-21(20(26)2)14-15-27(32)33/h5,8-13,16-18,23,28H,3-4,6-7,14-15H2,1-2H3,(H,31,34)(H,32,33). The SMILES string of the molecule is Cc1cncc(-c2ccc(C(C(=O)Nc3cccc(CCC(=O)O)c3C)C3CCCC3)cc2)c1. The number of aryl methyl sites for hydroxylation is 2. The number of amides is 1. The number of aliphatic carboxylic acids is 1. The van der Waals surface area contributed by atoms with Gasteiger partial charge in [0, 0.05) is 30.1 Å². The molecule has 1 saturated carbocycles. The van der Waals surface area contributed by atoms with Gasteiger partial charge in [-0.2, -0.15) is 0 Å². The van der Waals surface area contributed by atoms with Gasteiger partial charge in [-0.3, -0.25) is 14.6 Å². The Morgan fingerprint density at radius 1 is 1.03 bits per heavy atom. The predicted molar refractivity (Wildman–Crippen MR) is 135 cm³/mol. The van der Waals surface area contributed by atoms with Gasteiger partial charge in [0.1, 0.15) is 0 Å². The Balaban J connectivity index is 1.58. The molecule has 0 spiro atoms. The highest BCUT2D eigenvalue weighted by molar-refractivity contribution is 5.97. The lowest BCUT2D eigenvalue weighted by molar-refractivity contribution is -0.137. The van der Waals surface area contributed by atoms with Crippen molar-refractivity contribution in [2.75, 3.05) is 5.32 Å². The van der Waals surface area contributed by atoms with E-state index in [4.69, 9.17) is 5.11 Å². The zero-order valence-electron chi connectivity index (χ0n) is 19.9. The number of nitrogens with zero attached hydrogens (tertiary/aromatic N) is 1. The molecule has 0 bridgehead atoms. The second-order valence-electron chi connectivity index (χ2n) is 9.37. The first-order valence-electron chi connectivity index (χ1n) is 12.1. The van der Waals surface area contributed by atoms with Gasteiger partial charge in [0.15, 0.2) is 0 Å². The second-order valence-corrected chi connectivity index (χ2v) is 9.37. The van der Waals surface area contributed by atoms with Crippen molar-refractivity contribution in [3.63, 3.8) is 0 Å². The van der Waals surface area contributed by atoms with Crippen LogP contribution in [0, 0.1) is 19.8 Å². The van der Waals surface area contributed by atoms with Crippen molar-refractivity contribution in [1.82, 2.24) is 4.98 Å². The van der Waals surface area contributed by atoms with E-state index in [2.05, 4.69) is 40.6 Å². The molecule has 5 heteroatoms. The summed E-state index contributed by atoms with van der Waals surface area (Å²) >= 11 is 0. The summed E-state index contributed by atoms with van der Waals surface area (Å²) in [5.74, 6) is -0.702. The minimum absolute atomic E-state index is 0.00959. The van der Waals surface area contributed by atoms with Gasteiger partial charge < -0.3 is 10.4 Å². The summed E-state index contributed by atoms with van der Waals surface area (Å²) in [6, 6.07) is 16.2. The number of aromatic nitrogens is 1. The minimum atomic E-state index is -0.819. The molecule has 1 fully saturated rings. The summed E-state index contributed by atoms with van der Waals surface area (Å²) in [6.07, 6.45) is 8.66. The Kier molecular flexibility index (Phi) is 7.41. The first-order chi connectivity index (χ1) is 16.4. The molecular formula is C29H32N2O3.